The van der Waals surface area contributed by atoms with Crippen LogP contribution in [0.25, 0.3) is 5.69 Å². The maximum atomic E-state index is 12.0. The van der Waals surface area contributed by atoms with Gasteiger partial charge < -0.3 is 4.74 Å². The predicted octanol–water partition coefficient (Wildman–Crippen LogP) is 3.50. The third-order valence-corrected chi connectivity index (χ3v) is 3.85. The van der Waals surface area contributed by atoms with Gasteiger partial charge in [0.15, 0.2) is 0 Å². The van der Waals surface area contributed by atoms with Crippen molar-refractivity contribution < 1.29 is 9.53 Å². The van der Waals surface area contributed by atoms with E-state index < -0.39 is 0 Å². The zero-order valence-electron chi connectivity index (χ0n) is 13.5. The Balaban J connectivity index is 1.51. The standard InChI is InChI=1S/C19H19N3O2/c1-15(17-7-10-20-11-8-17)13-19(23)24-14-16-3-5-18(6-4-16)22-12-2-9-21-22/h2-12,15H,13-14H2,1H3. The van der Waals surface area contributed by atoms with E-state index in [9.17, 15) is 4.79 Å². The molecular weight excluding hydrogens is 302 g/mol. The Bertz CT molecular complexity index is 768. The number of carbonyl (C=O) groups is 1. The summed E-state index contributed by atoms with van der Waals surface area (Å²) < 4.78 is 7.16. The fourth-order valence-electron chi connectivity index (χ4n) is 2.45. The van der Waals surface area contributed by atoms with Crippen molar-refractivity contribution in [1.82, 2.24) is 14.8 Å². The largest absolute Gasteiger partial charge is 0.461 e. The minimum absolute atomic E-state index is 0.114. The van der Waals surface area contributed by atoms with Crippen molar-refractivity contribution in [1.29, 1.82) is 0 Å². The molecule has 0 bridgehead atoms. The first-order valence-electron chi connectivity index (χ1n) is 7.87. The second kappa shape index (κ2) is 7.55. The van der Waals surface area contributed by atoms with Crippen LogP contribution < -0.4 is 0 Å². The number of ether oxygens (including phenoxy) is 1. The second-order valence-corrected chi connectivity index (χ2v) is 5.66. The molecule has 0 saturated heterocycles. The molecule has 5 heteroatoms. The fourth-order valence-corrected chi connectivity index (χ4v) is 2.45. The molecule has 0 fully saturated rings. The molecule has 0 radical (unpaired) electrons. The lowest BCUT2D eigenvalue weighted by molar-refractivity contribution is -0.145. The highest BCUT2D eigenvalue weighted by Gasteiger charge is 2.12. The molecule has 0 aliphatic rings. The van der Waals surface area contributed by atoms with E-state index in [1.807, 2.05) is 55.6 Å². The molecule has 2 heterocycles. The van der Waals surface area contributed by atoms with E-state index in [0.717, 1.165) is 16.8 Å². The van der Waals surface area contributed by atoms with Crippen molar-refractivity contribution in [3.63, 3.8) is 0 Å². The van der Waals surface area contributed by atoms with Crippen molar-refractivity contribution in [3.8, 4) is 5.69 Å². The van der Waals surface area contributed by atoms with Crippen molar-refractivity contribution in [3.05, 3.63) is 78.4 Å². The molecule has 0 saturated carbocycles. The smallest absolute Gasteiger partial charge is 0.306 e. The van der Waals surface area contributed by atoms with Crippen LogP contribution in [0.4, 0.5) is 0 Å². The van der Waals surface area contributed by atoms with Crippen LogP contribution in [-0.4, -0.2) is 20.7 Å². The normalized spacial score (nSPS) is 11.9. The van der Waals surface area contributed by atoms with Gasteiger partial charge in [-0.25, -0.2) is 4.68 Å². The predicted molar refractivity (Wildman–Crippen MR) is 90.6 cm³/mol. The van der Waals surface area contributed by atoms with Crippen LogP contribution in [0.15, 0.2) is 67.3 Å². The quantitative estimate of drug-likeness (QED) is 0.652. The van der Waals surface area contributed by atoms with Crippen LogP contribution in [0.3, 0.4) is 0 Å². The summed E-state index contributed by atoms with van der Waals surface area (Å²) in [5.74, 6) is -0.0850. The van der Waals surface area contributed by atoms with Crippen molar-refractivity contribution in [2.75, 3.05) is 0 Å². The van der Waals surface area contributed by atoms with Crippen molar-refractivity contribution in [2.45, 2.75) is 25.9 Å². The average Bonchev–Trinajstić information content (AvgIpc) is 3.16. The SMILES string of the molecule is CC(CC(=O)OCc1ccc(-n2cccn2)cc1)c1ccncc1. The van der Waals surface area contributed by atoms with Gasteiger partial charge >= 0.3 is 5.97 Å². The molecule has 1 aromatic carbocycles. The molecule has 0 N–H and O–H groups in total. The van der Waals surface area contributed by atoms with E-state index in [2.05, 4.69) is 10.1 Å². The second-order valence-electron chi connectivity index (χ2n) is 5.66. The van der Waals surface area contributed by atoms with Gasteiger partial charge in [-0.1, -0.05) is 19.1 Å². The zero-order valence-corrected chi connectivity index (χ0v) is 13.5. The number of pyridine rings is 1. The number of nitrogens with zero attached hydrogens (tertiary/aromatic N) is 3. The van der Waals surface area contributed by atoms with Crippen LogP contribution in [0.1, 0.15) is 30.4 Å². The number of hydrogen-bond donors (Lipinski definition) is 0. The van der Waals surface area contributed by atoms with E-state index in [-0.39, 0.29) is 18.5 Å². The number of hydrogen-bond acceptors (Lipinski definition) is 4. The molecule has 0 spiro atoms. The topological polar surface area (TPSA) is 57.0 Å². The molecule has 1 unspecified atom stereocenters. The maximum Gasteiger partial charge on any atom is 0.306 e. The van der Waals surface area contributed by atoms with E-state index in [0.29, 0.717) is 6.42 Å². The Morgan fingerprint density at radius 3 is 2.54 bits per heavy atom. The first-order valence-corrected chi connectivity index (χ1v) is 7.87. The van der Waals surface area contributed by atoms with Gasteiger partial charge in [-0.15, -0.1) is 0 Å². The summed E-state index contributed by atoms with van der Waals surface area (Å²) in [6.07, 6.45) is 7.45. The summed E-state index contributed by atoms with van der Waals surface area (Å²) in [7, 11) is 0. The van der Waals surface area contributed by atoms with Gasteiger partial charge in [0.2, 0.25) is 0 Å². The van der Waals surface area contributed by atoms with E-state index in [4.69, 9.17) is 4.74 Å². The summed E-state index contributed by atoms with van der Waals surface area (Å²) >= 11 is 0. The van der Waals surface area contributed by atoms with Gasteiger partial charge in [0.1, 0.15) is 6.61 Å². The molecule has 122 valence electrons. The first kappa shape index (κ1) is 15.9. The highest BCUT2D eigenvalue weighted by molar-refractivity contribution is 5.70. The van der Waals surface area contributed by atoms with Gasteiger partial charge in [-0.3, -0.25) is 9.78 Å². The summed E-state index contributed by atoms with van der Waals surface area (Å²) in [6.45, 7) is 2.29. The highest BCUT2D eigenvalue weighted by Crippen LogP contribution is 2.19. The molecule has 5 nitrogen and oxygen atoms in total. The van der Waals surface area contributed by atoms with Crippen LogP contribution in [-0.2, 0) is 16.1 Å². The lowest BCUT2D eigenvalue weighted by atomic mass is 9.99. The molecule has 3 aromatic rings. The average molecular weight is 321 g/mol. The molecule has 3 rings (SSSR count). The van der Waals surface area contributed by atoms with Crippen LogP contribution in [0, 0.1) is 0 Å². The highest BCUT2D eigenvalue weighted by atomic mass is 16.5. The Morgan fingerprint density at radius 1 is 1.12 bits per heavy atom. The Kier molecular flexibility index (Phi) is 5.01. The molecule has 1 atom stereocenters. The van der Waals surface area contributed by atoms with Gasteiger partial charge in [-0.2, -0.15) is 5.10 Å². The molecule has 0 aliphatic carbocycles. The molecule has 0 aliphatic heterocycles. The van der Waals surface area contributed by atoms with Crippen LogP contribution in [0.5, 0.6) is 0 Å². The van der Waals surface area contributed by atoms with Crippen molar-refractivity contribution >= 4 is 5.97 Å². The van der Waals surface area contributed by atoms with Gasteiger partial charge in [0.25, 0.3) is 0 Å². The van der Waals surface area contributed by atoms with Crippen molar-refractivity contribution in [2.24, 2.45) is 0 Å². The fraction of sp³-hybridized carbons (Fsp3) is 0.211. The lowest BCUT2D eigenvalue weighted by Gasteiger charge is -2.11. The molecule has 0 amide bonds. The first-order chi connectivity index (χ1) is 11.7. The van der Waals surface area contributed by atoms with Gasteiger partial charge in [0, 0.05) is 24.8 Å². The monoisotopic (exact) mass is 321 g/mol. The third-order valence-electron chi connectivity index (χ3n) is 3.85. The number of esters is 1. The summed E-state index contributed by atoms with van der Waals surface area (Å²) in [5.41, 5.74) is 3.02. The Hall–Kier alpha value is -2.95. The number of benzene rings is 1. The van der Waals surface area contributed by atoms with Gasteiger partial charge in [-0.05, 0) is 47.4 Å². The number of aromatic nitrogens is 3. The minimum Gasteiger partial charge on any atom is -0.461 e. The Morgan fingerprint density at radius 2 is 1.88 bits per heavy atom. The Labute approximate surface area is 140 Å². The number of carbonyl (C=O) groups excluding carboxylic acids is 1. The lowest BCUT2D eigenvalue weighted by Crippen LogP contribution is -2.09. The third kappa shape index (κ3) is 4.07. The minimum atomic E-state index is -0.199. The van der Waals surface area contributed by atoms with E-state index in [1.54, 1.807) is 23.3 Å². The zero-order chi connectivity index (χ0) is 16.8. The summed E-state index contributed by atoms with van der Waals surface area (Å²) in [4.78, 5) is 16.0. The molecule has 2 aromatic heterocycles. The maximum absolute atomic E-state index is 12.0. The summed E-state index contributed by atoms with van der Waals surface area (Å²) in [6, 6.07) is 13.5. The van der Waals surface area contributed by atoms with E-state index >= 15 is 0 Å². The number of rotatable bonds is 6. The van der Waals surface area contributed by atoms with Gasteiger partial charge in [0.05, 0.1) is 12.1 Å². The van der Waals surface area contributed by atoms with Crippen LogP contribution >= 0.6 is 0 Å². The van der Waals surface area contributed by atoms with Crippen LogP contribution in [0.2, 0.25) is 0 Å². The molecule has 24 heavy (non-hydrogen) atoms. The molecular formula is C19H19N3O2. The summed E-state index contributed by atoms with van der Waals surface area (Å²) in [5, 5.41) is 4.18. The van der Waals surface area contributed by atoms with E-state index in [1.165, 1.54) is 0 Å².